The molecule has 0 amide bonds. The maximum Gasteiger partial charge on any atom is 0.191 e. The summed E-state index contributed by atoms with van der Waals surface area (Å²) in [4.78, 5) is 10.1. The third kappa shape index (κ3) is 7.28. The highest BCUT2D eigenvalue weighted by atomic mass is 32.1. The Labute approximate surface area is 142 Å². The van der Waals surface area contributed by atoms with Gasteiger partial charge in [0.15, 0.2) is 5.96 Å². The van der Waals surface area contributed by atoms with Gasteiger partial charge in [0.1, 0.15) is 0 Å². The van der Waals surface area contributed by atoms with Gasteiger partial charge in [0.05, 0.1) is 30.9 Å². The summed E-state index contributed by atoms with van der Waals surface area (Å²) >= 11 is 1.75. The van der Waals surface area contributed by atoms with Crippen LogP contribution in [0.25, 0.3) is 0 Å². The summed E-state index contributed by atoms with van der Waals surface area (Å²) in [6.45, 7) is 8.66. The molecule has 1 aliphatic heterocycles. The molecular weight excluding hydrogens is 312 g/mol. The van der Waals surface area contributed by atoms with E-state index in [0.717, 1.165) is 49.9 Å². The number of aliphatic imine (C=N–C) groups is 1. The zero-order chi connectivity index (χ0) is 16.3. The van der Waals surface area contributed by atoms with Crippen molar-refractivity contribution in [3.63, 3.8) is 0 Å². The second kappa shape index (κ2) is 10.6. The Kier molecular flexibility index (Phi) is 8.35. The van der Waals surface area contributed by atoms with Crippen molar-refractivity contribution in [2.75, 3.05) is 39.5 Å². The second-order valence-electron chi connectivity index (χ2n) is 5.51. The molecule has 6 nitrogen and oxygen atoms in total. The van der Waals surface area contributed by atoms with Crippen LogP contribution in [0, 0.1) is 6.92 Å². The molecule has 0 bridgehead atoms. The van der Waals surface area contributed by atoms with Crippen LogP contribution in [0.5, 0.6) is 0 Å². The summed E-state index contributed by atoms with van der Waals surface area (Å²) < 4.78 is 11.2. The first-order valence-corrected chi connectivity index (χ1v) is 9.22. The molecule has 130 valence electrons. The highest BCUT2D eigenvalue weighted by Crippen LogP contribution is 2.12. The Hall–Kier alpha value is -1.18. The minimum atomic E-state index is 0.284. The minimum Gasteiger partial charge on any atom is -0.377 e. The SMILES string of the molecule is CCNC(=NCCOCC1CCCO1)NCCc1ncc(C)s1. The average molecular weight is 340 g/mol. The molecule has 1 aromatic rings. The predicted molar refractivity (Wildman–Crippen MR) is 94.3 cm³/mol. The zero-order valence-corrected chi connectivity index (χ0v) is 15.0. The molecule has 1 aliphatic rings. The number of guanidine groups is 1. The van der Waals surface area contributed by atoms with E-state index in [9.17, 15) is 0 Å². The lowest BCUT2D eigenvalue weighted by Crippen LogP contribution is -2.38. The van der Waals surface area contributed by atoms with Crippen LogP contribution < -0.4 is 10.6 Å². The summed E-state index contributed by atoms with van der Waals surface area (Å²) in [5.74, 6) is 0.835. The van der Waals surface area contributed by atoms with Gasteiger partial charge in [0, 0.05) is 37.2 Å². The summed E-state index contributed by atoms with van der Waals surface area (Å²) in [5.41, 5.74) is 0. The quantitative estimate of drug-likeness (QED) is 0.407. The van der Waals surface area contributed by atoms with Crippen molar-refractivity contribution in [1.82, 2.24) is 15.6 Å². The third-order valence-corrected chi connectivity index (χ3v) is 4.45. The van der Waals surface area contributed by atoms with Crippen LogP contribution >= 0.6 is 11.3 Å². The van der Waals surface area contributed by atoms with Crippen LogP contribution in [0.4, 0.5) is 0 Å². The van der Waals surface area contributed by atoms with Crippen LogP contribution in [-0.4, -0.2) is 56.5 Å². The average Bonchev–Trinajstić information content (AvgIpc) is 3.19. The first-order valence-electron chi connectivity index (χ1n) is 8.40. The van der Waals surface area contributed by atoms with Crippen molar-refractivity contribution in [3.05, 3.63) is 16.1 Å². The number of ether oxygens (including phenoxy) is 2. The van der Waals surface area contributed by atoms with Crippen molar-refractivity contribution in [1.29, 1.82) is 0 Å². The molecule has 1 saturated heterocycles. The molecule has 0 aromatic carbocycles. The molecule has 7 heteroatoms. The van der Waals surface area contributed by atoms with Gasteiger partial charge in [0.2, 0.25) is 0 Å². The molecule has 2 N–H and O–H groups in total. The molecular formula is C16H28N4O2S. The van der Waals surface area contributed by atoms with Crippen molar-refractivity contribution < 1.29 is 9.47 Å². The molecule has 1 aromatic heterocycles. The van der Waals surface area contributed by atoms with E-state index in [1.165, 1.54) is 4.88 Å². The third-order valence-electron chi connectivity index (χ3n) is 3.48. The molecule has 2 rings (SSSR count). The van der Waals surface area contributed by atoms with Gasteiger partial charge in [0.25, 0.3) is 0 Å². The molecule has 23 heavy (non-hydrogen) atoms. The van der Waals surface area contributed by atoms with Crippen LogP contribution in [0.2, 0.25) is 0 Å². The first-order chi connectivity index (χ1) is 11.3. The lowest BCUT2D eigenvalue weighted by Gasteiger charge is -2.11. The lowest BCUT2D eigenvalue weighted by atomic mass is 10.2. The lowest BCUT2D eigenvalue weighted by molar-refractivity contribution is 0.0200. The Morgan fingerprint density at radius 3 is 3.13 bits per heavy atom. The molecule has 0 aliphatic carbocycles. The molecule has 1 atom stereocenters. The van der Waals surface area contributed by atoms with Crippen LogP contribution in [0.1, 0.15) is 29.7 Å². The highest BCUT2D eigenvalue weighted by molar-refractivity contribution is 7.11. The van der Waals surface area contributed by atoms with Gasteiger partial charge < -0.3 is 20.1 Å². The standard InChI is InChI=1S/C16H28N4O2S/c1-3-17-16(18-7-6-15-20-11-13(2)23-15)19-8-10-21-12-14-5-4-9-22-14/h11,14H,3-10,12H2,1-2H3,(H2,17,18,19). The van der Waals surface area contributed by atoms with Gasteiger partial charge in [-0.25, -0.2) is 4.98 Å². The van der Waals surface area contributed by atoms with E-state index < -0.39 is 0 Å². The fourth-order valence-electron chi connectivity index (χ4n) is 2.36. The van der Waals surface area contributed by atoms with Gasteiger partial charge in [-0.1, -0.05) is 0 Å². The number of thiazole rings is 1. The van der Waals surface area contributed by atoms with Crippen molar-refractivity contribution in [2.24, 2.45) is 4.99 Å². The van der Waals surface area contributed by atoms with E-state index in [1.807, 2.05) is 6.20 Å². The van der Waals surface area contributed by atoms with Crippen LogP contribution in [0.3, 0.4) is 0 Å². The Morgan fingerprint density at radius 1 is 1.52 bits per heavy atom. The van der Waals surface area contributed by atoms with E-state index in [-0.39, 0.29) is 6.10 Å². The molecule has 1 unspecified atom stereocenters. The highest BCUT2D eigenvalue weighted by Gasteiger charge is 2.14. The smallest absolute Gasteiger partial charge is 0.191 e. The monoisotopic (exact) mass is 340 g/mol. The van der Waals surface area contributed by atoms with E-state index >= 15 is 0 Å². The summed E-state index contributed by atoms with van der Waals surface area (Å²) in [6.07, 6.45) is 5.39. The molecule has 0 radical (unpaired) electrons. The predicted octanol–water partition coefficient (Wildman–Crippen LogP) is 1.74. The fourth-order valence-corrected chi connectivity index (χ4v) is 3.15. The second-order valence-corrected chi connectivity index (χ2v) is 6.83. The topological polar surface area (TPSA) is 67.8 Å². The Balaban J connectivity index is 1.60. The van der Waals surface area contributed by atoms with Gasteiger partial charge in [-0.3, -0.25) is 4.99 Å². The molecule has 0 spiro atoms. The normalized spacial score (nSPS) is 18.3. The van der Waals surface area contributed by atoms with Crippen molar-refractivity contribution in [2.45, 2.75) is 39.2 Å². The maximum atomic E-state index is 5.63. The number of nitrogens with one attached hydrogen (secondary N) is 2. The molecule has 1 fully saturated rings. The summed E-state index contributed by atoms with van der Waals surface area (Å²) in [7, 11) is 0. The number of hydrogen-bond acceptors (Lipinski definition) is 5. The number of aryl methyl sites for hydroxylation is 1. The van der Waals surface area contributed by atoms with Gasteiger partial charge in [-0.15, -0.1) is 11.3 Å². The molecule has 0 saturated carbocycles. The number of hydrogen-bond donors (Lipinski definition) is 2. The number of aromatic nitrogens is 1. The Morgan fingerprint density at radius 2 is 2.43 bits per heavy atom. The Bertz CT molecular complexity index is 472. The fraction of sp³-hybridized carbons (Fsp3) is 0.750. The van der Waals surface area contributed by atoms with Gasteiger partial charge >= 0.3 is 0 Å². The summed E-state index contributed by atoms with van der Waals surface area (Å²) in [5, 5.41) is 7.74. The van der Waals surface area contributed by atoms with Crippen molar-refractivity contribution in [3.8, 4) is 0 Å². The largest absolute Gasteiger partial charge is 0.377 e. The number of rotatable bonds is 9. The maximum absolute atomic E-state index is 5.63. The van der Waals surface area contributed by atoms with E-state index in [0.29, 0.717) is 19.8 Å². The number of nitrogens with zero attached hydrogens (tertiary/aromatic N) is 2. The van der Waals surface area contributed by atoms with E-state index in [1.54, 1.807) is 11.3 Å². The van der Waals surface area contributed by atoms with Crippen molar-refractivity contribution >= 4 is 17.3 Å². The van der Waals surface area contributed by atoms with E-state index in [4.69, 9.17) is 9.47 Å². The minimum absolute atomic E-state index is 0.284. The van der Waals surface area contributed by atoms with Gasteiger partial charge in [-0.05, 0) is 26.7 Å². The van der Waals surface area contributed by atoms with Crippen LogP contribution in [0.15, 0.2) is 11.2 Å². The zero-order valence-electron chi connectivity index (χ0n) is 14.1. The summed E-state index contributed by atoms with van der Waals surface area (Å²) in [6, 6.07) is 0. The molecule has 2 heterocycles. The van der Waals surface area contributed by atoms with Crippen LogP contribution in [-0.2, 0) is 15.9 Å². The van der Waals surface area contributed by atoms with Gasteiger partial charge in [-0.2, -0.15) is 0 Å². The first kappa shape index (κ1) is 18.2. The van der Waals surface area contributed by atoms with E-state index in [2.05, 4.69) is 34.5 Å².